The Labute approximate surface area is 232 Å². The fourth-order valence-corrected chi connectivity index (χ4v) is 7.44. The molecule has 2 unspecified atom stereocenters. The number of aryl methyl sites for hydroxylation is 2. The van der Waals surface area contributed by atoms with E-state index in [9.17, 15) is 0 Å². The molecule has 4 heteroatoms. The van der Waals surface area contributed by atoms with Crippen LogP contribution in [0.3, 0.4) is 0 Å². The van der Waals surface area contributed by atoms with Crippen molar-refractivity contribution in [2.45, 2.75) is 24.8 Å². The molecule has 0 bridgehead atoms. The van der Waals surface area contributed by atoms with E-state index in [1.54, 1.807) is 0 Å². The van der Waals surface area contributed by atoms with Crippen LogP contribution in [0.2, 0.25) is 0 Å². The quantitative estimate of drug-likeness (QED) is 0.231. The second kappa shape index (κ2) is 8.09. The average Bonchev–Trinajstić information content (AvgIpc) is 3.63. The van der Waals surface area contributed by atoms with Crippen molar-refractivity contribution in [2.24, 2.45) is 7.05 Å². The van der Waals surface area contributed by atoms with E-state index in [0.29, 0.717) is 0 Å². The van der Waals surface area contributed by atoms with Gasteiger partial charge in [0.15, 0.2) is 0 Å². The third kappa shape index (κ3) is 2.83. The van der Waals surface area contributed by atoms with Gasteiger partial charge in [0.05, 0.1) is 28.5 Å². The Hall–Kier alpha value is -4.83. The number of allylic oxidation sites excluding steroid dienone is 3. The third-order valence-electron chi connectivity index (χ3n) is 9.13. The summed E-state index contributed by atoms with van der Waals surface area (Å²) in [6.45, 7) is 0. The van der Waals surface area contributed by atoms with Crippen LogP contribution in [0.4, 0.5) is 11.5 Å². The smallest absolute Gasteiger partial charge is 0.140 e. The molecule has 2 atom stereocenters. The number of benzene rings is 3. The summed E-state index contributed by atoms with van der Waals surface area (Å²) >= 11 is 0. The Balaban J connectivity index is 1.31. The monoisotopic (exact) mass is 516 g/mol. The Bertz CT molecular complexity index is 2100. The van der Waals surface area contributed by atoms with Crippen LogP contribution < -0.4 is 4.90 Å². The molecule has 0 spiro atoms. The summed E-state index contributed by atoms with van der Waals surface area (Å²) < 4.78 is 4.72. The molecule has 3 aromatic carbocycles. The summed E-state index contributed by atoms with van der Waals surface area (Å²) in [5, 5.41) is 3.92. The first-order valence-electron chi connectivity index (χ1n) is 14.2. The molecule has 4 nitrogen and oxygen atoms in total. The molecule has 0 N–H and O–H groups in total. The van der Waals surface area contributed by atoms with E-state index in [1.807, 2.05) is 0 Å². The van der Waals surface area contributed by atoms with Crippen molar-refractivity contribution in [2.75, 3.05) is 4.90 Å². The maximum Gasteiger partial charge on any atom is 0.140 e. The predicted octanol–water partition coefficient (Wildman–Crippen LogP) is 8.36. The number of aromatic nitrogens is 3. The lowest BCUT2D eigenvalue weighted by Crippen LogP contribution is -2.29. The molecule has 4 heterocycles. The number of nitrogens with zero attached hydrogens (tertiary/aromatic N) is 4. The van der Waals surface area contributed by atoms with Crippen LogP contribution in [0.5, 0.6) is 0 Å². The second-order valence-electron chi connectivity index (χ2n) is 11.1. The molecule has 3 aliphatic rings. The number of fused-ring (bicyclic) bond motifs is 10. The van der Waals surface area contributed by atoms with Crippen molar-refractivity contribution in [3.63, 3.8) is 0 Å². The zero-order chi connectivity index (χ0) is 26.4. The summed E-state index contributed by atoms with van der Waals surface area (Å²) in [4.78, 5) is 7.91. The molecule has 9 rings (SSSR count). The van der Waals surface area contributed by atoms with Crippen molar-refractivity contribution in [1.29, 1.82) is 0 Å². The van der Waals surface area contributed by atoms with Gasteiger partial charge in [0.2, 0.25) is 0 Å². The van der Waals surface area contributed by atoms with Crippen LogP contribution in [0, 0.1) is 0 Å². The van der Waals surface area contributed by atoms with Crippen molar-refractivity contribution in [3.05, 3.63) is 126 Å². The first-order valence-corrected chi connectivity index (χ1v) is 14.2. The van der Waals surface area contributed by atoms with Gasteiger partial charge < -0.3 is 9.47 Å². The Morgan fingerprint density at radius 1 is 0.750 bits per heavy atom. The highest BCUT2D eigenvalue weighted by Gasteiger charge is 2.40. The minimum absolute atomic E-state index is 0.182. The number of para-hydroxylation sites is 2. The lowest BCUT2D eigenvalue weighted by Gasteiger charge is -2.28. The maximum atomic E-state index is 5.42. The molecule has 6 aromatic rings. The molecule has 192 valence electrons. The molecule has 2 aliphatic carbocycles. The van der Waals surface area contributed by atoms with E-state index in [1.165, 1.54) is 55.2 Å². The Kier molecular flexibility index (Phi) is 4.46. The fourth-order valence-electron chi connectivity index (χ4n) is 7.44. The van der Waals surface area contributed by atoms with Crippen LogP contribution in [-0.4, -0.2) is 20.2 Å². The molecule has 1 aliphatic heterocycles. The van der Waals surface area contributed by atoms with Gasteiger partial charge in [-0.25, -0.2) is 4.98 Å². The van der Waals surface area contributed by atoms with Gasteiger partial charge in [-0.05, 0) is 54.3 Å². The summed E-state index contributed by atoms with van der Waals surface area (Å²) in [7, 11) is 2.20. The molecule has 0 amide bonds. The summed E-state index contributed by atoms with van der Waals surface area (Å²) in [6, 6.07) is 28.8. The minimum atomic E-state index is 0.182. The largest absolute Gasteiger partial charge is 0.342 e. The summed E-state index contributed by atoms with van der Waals surface area (Å²) in [5.74, 6) is 2.23. The SMILES string of the molecule is Cn1c2ccccc2c2ccc3c(c21)N(c1cccc(-n2c4c(c5ccccc52)CCC=C4)n1)C1C=CC=CC31. The van der Waals surface area contributed by atoms with Gasteiger partial charge in [0.25, 0.3) is 0 Å². The standard InChI is InChI=1S/C36H28N4/c1-38-29-15-6-2-13-25(29)27-21-22-28-26-14-5-9-18-32(26)40(36(28)35(27)38)34-20-10-19-33(37-34)39-30-16-7-3-11-23(30)24-12-4-8-17-31(24)39/h2-3,5-11,13-22,26,32H,4,12H2,1H3. The summed E-state index contributed by atoms with van der Waals surface area (Å²) in [6.07, 6.45) is 15.8. The number of anilines is 2. The number of rotatable bonds is 2. The van der Waals surface area contributed by atoms with Gasteiger partial charge >= 0.3 is 0 Å². The van der Waals surface area contributed by atoms with E-state index in [2.05, 4.69) is 136 Å². The minimum Gasteiger partial charge on any atom is -0.342 e. The van der Waals surface area contributed by atoms with Gasteiger partial charge in [-0.1, -0.05) is 85.0 Å². The van der Waals surface area contributed by atoms with Gasteiger partial charge in [-0.15, -0.1) is 0 Å². The molecular weight excluding hydrogens is 488 g/mol. The molecule has 40 heavy (non-hydrogen) atoms. The normalized spacial score (nSPS) is 19.1. The topological polar surface area (TPSA) is 26.0 Å². The zero-order valence-corrected chi connectivity index (χ0v) is 22.3. The molecular formula is C36H28N4. The predicted molar refractivity (Wildman–Crippen MR) is 166 cm³/mol. The average molecular weight is 517 g/mol. The molecule has 0 saturated carbocycles. The van der Waals surface area contributed by atoms with Crippen LogP contribution in [0.15, 0.2) is 109 Å². The van der Waals surface area contributed by atoms with Crippen molar-refractivity contribution < 1.29 is 0 Å². The first kappa shape index (κ1) is 22.0. The highest BCUT2D eigenvalue weighted by Crippen LogP contribution is 2.51. The van der Waals surface area contributed by atoms with Gasteiger partial charge in [0.1, 0.15) is 11.6 Å². The highest BCUT2D eigenvalue weighted by atomic mass is 15.3. The first-order chi connectivity index (χ1) is 19.8. The van der Waals surface area contributed by atoms with Crippen molar-refractivity contribution in [1.82, 2.24) is 14.1 Å². The van der Waals surface area contributed by atoms with Crippen LogP contribution >= 0.6 is 0 Å². The van der Waals surface area contributed by atoms with Crippen LogP contribution in [0.1, 0.15) is 29.2 Å². The lowest BCUT2D eigenvalue weighted by molar-refractivity contribution is 0.737. The van der Waals surface area contributed by atoms with Gasteiger partial charge in [-0.3, -0.25) is 4.57 Å². The van der Waals surface area contributed by atoms with Crippen molar-refractivity contribution >= 4 is 50.3 Å². The maximum absolute atomic E-state index is 5.42. The molecule has 0 saturated heterocycles. The number of hydrogen-bond acceptors (Lipinski definition) is 2. The molecule has 0 fully saturated rings. The van der Waals surface area contributed by atoms with Crippen LogP contribution in [-0.2, 0) is 13.5 Å². The Morgan fingerprint density at radius 3 is 2.48 bits per heavy atom. The number of hydrogen-bond donors (Lipinski definition) is 0. The Morgan fingerprint density at radius 2 is 1.55 bits per heavy atom. The van der Waals surface area contributed by atoms with E-state index in [-0.39, 0.29) is 12.0 Å². The van der Waals surface area contributed by atoms with E-state index < -0.39 is 0 Å². The third-order valence-corrected chi connectivity index (χ3v) is 9.13. The van der Waals surface area contributed by atoms with Gasteiger partial charge in [0, 0.05) is 34.6 Å². The second-order valence-corrected chi connectivity index (χ2v) is 11.1. The number of pyridine rings is 1. The molecule has 3 aromatic heterocycles. The zero-order valence-electron chi connectivity index (χ0n) is 22.3. The molecule has 0 radical (unpaired) electrons. The van der Waals surface area contributed by atoms with Crippen LogP contribution in [0.25, 0.3) is 44.6 Å². The van der Waals surface area contributed by atoms with Crippen molar-refractivity contribution in [3.8, 4) is 5.82 Å². The van der Waals surface area contributed by atoms with E-state index >= 15 is 0 Å². The summed E-state index contributed by atoms with van der Waals surface area (Å²) in [5.41, 5.74) is 9.07. The van der Waals surface area contributed by atoms with E-state index in [4.69, 9.17) is 4.98 Å². The highest BCUT2D eigenvalue weighted by molar-refractivity contribution is 6.14. The van der Waals surface area contributed by atoms with Gasteiger partial charge in [-0.2, -0.15) is 0 Å². The lowest BCUT2D eigenvalue weighted by atomic mass is 9.91. The fraction of sp³-hybridized carbons (Fsp3) is 0.139. The van der Waals surface area contributed by atoms with E-state index in [0.717, 1.165) is 24.5 Å².